The number of ether oxygens (including phenoxy) is 1. The van der Waals surface area contributed by atoms with Crippen molar-refractivity contribution in [2.24, 2.45) is 0 Å². The lowest BCUT2D eigenvalue weighted by atomic mass is 10.0. The van der Waals surface area contributed by atoms with Crippen LogP contribution in [-0.2, 0) is 17.8 Å². The van der Waals surface area contributed by atoms with Crippen LogP contribution in [0.25, 0.3) is 11.1 Å². The summed E-state index contributed by atoms with van der Waals surface area (Å²) in [6, 6.07) is 16.8. The van der Waals surface area contributed by atoms with Crippen LogP contribution >= 0.6 is 11.8 Å². The van der Waals surface area contributed by atoms with Crippen molar-refractivity contribution >= 4 is 17.7 Å². The van der Waals surface area contributed by atoms with Gasteiger partial charge in [-0.05, 0) is 86.6 Å². The van der Waals surface area contributed by atoms with Gasteiger partial charge in [-0.3, -0.25) is 9.78 Å². The molecule has 2 N–H and O–H groups in total. The van der Waals surface area contributed by atoms with E-state index in [-0.39, 0.29) is 12.0 Å². The first-order valence-corrected chi connectivity index (χ1v) is 14.3. The van der Waals surface area contributed by atoms with E-state index in [1.807, 2.05) is 12.3 Å². The minimum absolute atomic E-state index is 0.0732. The number of nitrogens with zero attached hydrogens (tertiary/aromatic N) is 2. The molecule has 37 heavy (non-hydrogen) atoms. The summed E-state index contributed by atoms with van der Waals surface area (Å²) >= 11 is 1.70. The van der Waals surface area contributed by atoms with Gasteiger partial charge < -0.3 is 15.2 Å². The third-order valence-corrected chi connectivity index (χ3v) is 8.06. The predicted octanol–water partition coefficient (Wildman–Crippen LogP) is 6.21. The van der Waals surface area contributed by atoms with Gasteiger partial charge in [-0.1, -0.05) is 24.3 Å². The molecule has 2 heterocycles. The highest BCUT2D eigenvalue weighted by Gasteiger charge is 2.42. The molecule has 0 aliphatic heterocycles. The lowest BCUT2D eigenvalue weighted by Gasteiger charge is -2.19. The maximum absolute atomic E-state index is 10.7. The summed E-state index contributed by atoms with van der Waals surface area (Å²) in [5.74, 6) is 1.12. The number of carboxylic acids is 1. The number of nitrogens with one attached hydrogen (secondary N) is 1. The van der Waals surface area contributed by atoms with Gasteiger partial charge >= 0.3 is 5.97 Å². The number of carboxylic acid groups (broad SMARTS) is 1. The van der Waals surface area contributed by atoms with Crippen LogP contribution < -0.4 is 10.1 Å². The maximum Gasteiger partial charge on any atom is 0.303 e. The van der Waals surface area contributed by atoms with E-state index < -0.39 is 5.97 Å². The van der Waals surface area contributed by atoms with Crippen LogP contribution in [0.1, 0.15) is 61.9 Å². The second kappa shape index (κ2) is 11.7. The Morgan fingerprint density at radius 2 is 2.00 bits per heavy atom. The summed E-state index contributed by atoms with van der Waals surface area (Å²) in [5.41, 5.74) is 5.72. The zero-order valence-corrected chi connectivity index (χ0v) is 22.2. The van der Waals surface area contributed by atoms with E-state index in [4.69, 9.17) is 19.8 Å². The van der Waals surface area contributed by atoms with Crippen molar-refractivity contribution in [2.75, 3.05) is 5.75 Å². The molecule has 0 spiro atoms. The van der Waals surface area contributed by atoms with Crippen LogP contribution in [0.15, 0.2) is 59.8 Å². The van der Waals surface area contributed by atoms with E-state index in [9.17, 15) is 4.79 Å². The Hall–Kier alpha value is -2.90. The fraction of sp³-hybridized carbons (Fsp3) is 0.433. The van der Waals surface area contributed by atoms with E-state index in [1.54, 1.807) is 11.8 Å². The summed E-state index contributed by atoms with van der Waals surface area (Å²) < 4.78 is 6.15. The Bertz CT molecular complexity index is 1240. The molecule has 194 valence electrons. The third kappa shape index (κ3) is 7.33. The molecule has 0 amide bonds. The summed E-state index contributed by atoms with van der Waals surface area (Å²) in [6.07, 6.45) is 9.56. The van der Waals surface area contributed by atoms with Gasteiger partial charge in [0.05, 0.1) is 16.8 Å². The Kier molecular flexibility index (Phi) is 8.11. The van der Waals surface area contributed by atoms with E-state index in [0.29, 0.717) is 12.5 Å². The van der Waals surface area contributed by atoms with Gasteiger partial charge in [0.25, 0.3) is 0 Å². The fourth-order valence-corrected chi connectivity index (χ4v) is 5.36. The Balaban J connectivity index is 1.19. The van der Waals surface area contributed by atoms with Gasteiger partial charge in [0.15, 0.2) is 0 Å². The number of unbranched alkanes of at least 4 members (excludes halogenated alkanes) is 1. The molecule has 2 fully saturated rings. The summed E-state index contributed by atoms with van der Waals surface area (Å²) in [4.78, 5) is 20.3. The molecule has 0 atom stereocenters. The van der Waals surface area contributed by atoms with Gasteiger partial charge in [0.2, 0.25) is 0 Å². The Morgan fingerprint density at radius 1 is 1.16 bits per heavy atom. The molecule has 2 aliphatic rings. The summed E-state index contributed by atoms with van der Waals surface area (Å²) in [5, 5.41) is 13.6. The lowest BCUT2D eigenvalue weighted by Crippen LogP contribution is -2.33. The number of para-hydroxylation sites is 1. The van der Waals surface area contributed by atoms with Crippen molar-refractivity contribution in [1.29, 1.82) is 0 Å². The van der Waals surface area contributed by atoms with Gasteiger partial charge in [0, 0.05) is 42.4 Å². The number of benzene rings is 1. The molecule has 2 aliphatic carbocycles. The van der Waals surface area contributed by atoms with Gasteiger partial charge in [-0.25, -0.2) is 4.98 Å². The second-order valence-corrected chi connectivity index (χ2v) is 11.4. The number of thioether (sulfide) groups is 1. The van der Waals surface area contributed by atoms with Crippen molar-refractivity contribution in [3.8, 4) is 16.9 Å². The van der Waals surface area contributed by atoms with Crippen molar-refractivity contribution < 1.29 is 14.6 Å². The van der Waals surface area contributed by atoms with E-state index in [2.05, 4.69) is 54.7 Å². The number of aliphatic carboxylic acids is 1. The molecule has 6 nitrogen and oxygen atoms in total. The van der Waals surface area contributed by atoms with E-state index in [0.717, 1.165) is 84.1 Å². The van der Waals surface area contributed by atoms with E-state index >= 15 is 0 Å². The van der Waals surface area contributed by atoms with Crippen molar-refractivity contribution in [1.82, 2.24) is 15.3 Å². The quantitative estimate of drug-likeness (QED) is 0.194. The zero-order chi connectivity index (χ0) is 25.7. The first kappa shape index (κ1) is 25.7. The molecule has 3 aromatic rings. The first-order valence-electron chi connectivity index (χ1n) is 13.3. The fourth-order valence-electron chi connectivity index (χ4n) is 4.47. The highest BCUT2D eigenvalue weighted by Crippen LogP contribution is 2.40. The average molecular weight is 518 g/mol. The lowest BCUT2D eigenvalue weighted by molar-refractivity contribution is -0.137. The molecule has 5 rings (SSSR count). The van der Waals surface area contributed by atoms with Crippen LogP contribution in [-0.4, -0.2) is 38.4 Å². The van der Waals surface area contributed by atoms with Crippen LogP contribution in [0.4, 0.5) is 0 Å². The Morgan fingerprint density at radius 3 is 2.78 bits per heavy atom. The molecular formula is C30H35N3O3S. The summed E-state index contributed by atoms with van der Waals surface area (Å²) in [7, 11) is 0. The number of hydrogen-bond acceptors (Lipinski definition) is 6. The number of aryl methyl sites for hydroxylation is 1. The van der Waals surface area contributed by atoms with Crippen LogP contribution in [0, 0.1) is 6.92 Å². The first-order chi connectivity index (χ1) is 18.0. The van der Waals surface area contributed by atoms with Crippen LogP contribution in [0.3, 0.4) is 0 Å². The molecule has 2 saturated carbocycles. The molecule has 7 heteroatoms. The third-order valence-electron chi connectivity index (χ3n) is 7.05. The smallest absolute Gasteiger partial charge is 0.303 e. The minimum atomic E-state index is -0.727. The molecule has 0 radical (unpaired) electrons. The molecule has 0 unspecified atom stereocenters. The highest BCUT2D eigenvalue weighted by atomic mass is 32.2. The standard InChI is InChI=1S/C30H35N3O3S/c1-21-9-12-28(37-17-5-4-8-29(34)35)33-26(21)20-32-30(14-15-30)19-23-18-22(13-16-31-23)25-6-2-3-7-27(25)36-24-10-11-24/h2-3,6-7,9,12-13,16,18,24,32H,4-5,8,10-11,14-15,17,19-20H2,1H3,(H,34,35). The highest BCUT2D eigenvalue weighted by molar-refractivity contribution is 7.99. The number of hydrogen-bond donors (Lipinski definition) is 2. The van der Waals surface area contributed by atoms with Crippen LogP contribution in [0.5, 0.6) is 5.75 Å². The molecule has 1 aromatic carbocycles. The largest absolute Gasteiger partial charge is 0.490 e. The number of rotatable bonds is 14. The van der Waals surface area contributed by atoms with Crippen LogP contribution in [0.2, 0.25) is 0 Å². The second-order valence-electron chi connectivity index (χ2n) is 10.3. The number of pyridine rings is 2. The SMILES string of the molecule is Cc1ccc(SCCCCC(=O)O)nc1CNC1(Cc2cc(-c3ccccc3OC3CC3)ccn2)CC1. The number of aromatic nitrogens is 2. The van der Waals surface area contributed by atoms with Crippen molar-refractivity contribution in [3.05, 3.63) is 71.7 Å². The minimum Gasteiger partial charge on any atom is -0.490 e. The monoisotopic (exact) mass is 517 g/mol. The molecule has 2 aromatic heterocycles. The number of carbonyl (C=O) groups is 1. The molecule has 0 saturated heterocycles. The normalized spacial score (nSPS) is 15.9. The molecular weight excluding hydrogens is 482 g/mol. The maximum atomic E-state index is 10.7. The Labute approximate surface area is 223 Å². The topological polar surface area (TPSA) is 84.3 Å². The predicted molar refractivity (Wildman–Crippen MR) is 147 cm³/mol. The van der Waals surface area contributed by atoms with Crippen molar-refractivity contribution in [3.63, 3.8) is 0 Å². The van der Waals surface area contributed by atoms with E-state index in [1.165, 1.54) is 5.56 Å². The zero-order valence-electron chi connectivity index (χ0n) is 21.4. The van der Waals surface area contributed by atoms with Crippen molar-refractivity contribution in [2.45, 2.75) is 81.5 Å². The van der Waals surface area contributed by atoms with Gasteiger partial charge in [-0.2, -0.15) is 0 Å². The average Bonchev–Trinajstić information content (AvgIpc) is 3.83. The summed E-state index contributed by atoms with van der Waals surface area (Å²) in [6.45, 7) is 2.84. The van der Waals surface area contributed by atoms with Gasteiger partial charge in [0.1, 0.15) is 5.75 Å². The van der Waals surface area contributed by atoms with Gasteiger partial charge in [-0.15, -0.1) is 11.8 Å². The molecule has 0 bridgehead atoms.